The zero-order valence-electron chi connectivity index (χ0n) is 14.0. The number of amides is 1. The van der Waals surface area contributed by atoms with Crippen molar-refractivity contribution in [3.8, 4) is 0 Å². The zero-order valence-corrected chi connectivity index (χ0v) is 14.0. The molecule has 128 valence electrons. The Balaban J connectivity index is 1.37. The predicted molar refractivity (Wildman–Crippen MR) is 93.9 cm³/mol. The number of piperidine rings is 1. The van der Waals surface area contributed by atoms with Crippen LogP contribution in [0.1, 0.15) is 38.5 Å². The highest BCUT2D eigenvalue weighted by molar-refractivity contribution is 5.81. The molecule has 2 heterocycles. The minimum atomic E-state index is -0.689. The molecule has 0 spiro atoms. The lowest BCUT2D eigenvalue weighted by Crippen LogP contribution is -2.49. The second kappa shape index (κ2) is 6.20. The lowest BCUT2D eigenvalue weighted by molar-refractivity contribution is -0.137. The van der Waals surface area contributed by atoms with Gasteiger partial charge in [-0.25, -0.2) is 0 Å². The molecule has 3 aliphatic rings. The Morgan fingerprint density at radius 1 is 1.21 bits per heavy atom. The fourth-order valence-corrected chi connectivity index (χ4v) is 3.85. The van der Waals surface area contributed by atoms with Gasteiger partial charge in [-0.3, -0.25) is 9.80 Å². The van der Waals surface area contributed by atoms with Crippen molar-refractivity contribution in [3.05, 3.63) is 30.3 Å². The van der Waals surface area contributed by atoms with E-state index in [2.05, 4.69) is 17.2 Å². The van der Waals surface area contributed by atoms with Gasteiger partial charge in [0.2, 0.25) is 5.91 Å². The number of nitrogens with zero attached hydrogens (tertiary/aromatic N) is 3. The number of carbonyl (C=O) groups is 1. The normalized spacial score (nSPS) is 26.0. The lowest BCUT2D eigenvalue weighted by atomic mass is 9.84. The van der Waals surface area contributed by atoms with Crippen molar-refractivity contribution >= 4 is 17.8 Å². The monoisotopic (exact) mass is 327 g/mol. The summed E-state index contributed by atoms with van der Waals surface area (Å²) in [5.41, 5.74) is 0.382. The number of hydrazone groups is 1. The standard InChI is InChI=1S/C19H25N3O2/c23-18(15-6-7-15)21-12-9-19(24,10-13-21)14-17-8-11-20-22(17)16-4-2-1-3-5-16/h1-5,11,15,17,24H,6-10,12-14H2. The van der Waals surface area contributed by atoms with Gasteiger partial charge in [-0.05, 0) is 44.2 Å². The van der Waals surface area contributed by atoms with E-state index >= 15 is 0 Å². The second-order valence-electron chi connectivity index (χ2n) is 7.40. The molecule has 1 aliphatic carbocycles. The molecule has 0 radical (unpaired) electrons. The van der Waals surface area contributed by atoms with E-state index in [1.165, 1.54) is 0 Å². The molecule has 2 fully saturated rings. The third-order valence-electron chi connectivity index (χ3n) is 5.50. The Bertz CT molecular complexity index is 619. The molecule has 1 aromatic carbocycles. The Kier molecular flexibility index (Phi) is 4.04. The van der Waals surface area contributed by atoms with Crippen molar-refractivity contribution < 1.29 is 9.90 Å². The fraction of sp³-hybridized carbons (Fsp3) is 0.579. The largest absolute Gasteiger partial charge is 0.390 e. The first kappa shape index (κ1) is 15.6. The number of anilines is 1. The molecule has 5 heteroatoms. The summed E-state index contributed by atoms with van der Waals surface area (Å²) in [7, 11) is 0. The number of carbonyl (C=O) groups excluding carboxylic acids is 1. The molecule has 1 saturated heterocycles. The van der Waals surface area contributed by atoms with Crippen LogP contribution in [0.4, 0.5) is 5.69 Å². The average Bonchev–Trinajstić information content (AvgIpc) is 3.36. The van der Waals surface area contributed by atoms with Gasteiger partial charge in [-0.1, -0.05) is 18.2 Å². The first-order valence-electron chi connectivity index (χ1n) is 9.03. The molecule has 4 rings (SSSR count). The molecular formula is C19H25N3O2. The van der Waals surface area contributed by atoms with Gasteiger partial charge < -0.3 is 10.0 Å². The van der Waals surface area contributed by atoms with Crippen LogP contribution in [0.5, 0.6) is 0 Å². The van der Waals surface area contributed by atoms with Crippen LogP contribution in [0.3, 0.4) is 0 Å². The maximum atomic E-state index is 12.2. The third kappa shape index (κ3) is 3.18. The zero-order chi connectivity index (χ0) is 16.6. The topological polar surface area (TPSA) is 56.1 Å². The number of aliphatic hydroxyl groups is 1. The van der Waals surface area contributed by atoms with Crippen LogP contribution in [0.15, 0.2) is 35.4 Å². The highest BCUT2D eigenvalue weighted by Gasteiger charge is 2.41. The predicted octanol–water partition coefficient (Wildman–Crippen LogP) is 2.40. The number of hydrogen-bond donors (Lipinski definition) is 1. The van der Waals surface area contributed by atoms with Crippen LogP contribution in [0, 0.1) is 5.92 Å². The van der Waals surface area contributed by atoms with E-state index in [1.807, 2.05) is 34.3 Å². The van der Waals surface area contributed by atoms with E-state index in [4.69, 9.17) is 0 Å². The quantitative estimate of drug-likeness (QED) is 0.924. The minimum absolute atomic E-state index is 0.197. The van der Waals surface area contributed by atoms with E-state index in [-0.39, 0.29) is 12.0 Å². The number of benzene rings is 1. The molecule has 24 heavy (non-hydrogen) atoms. The van der Waals surface area contributed by atoms with E-state index < -0.39 is 5.60 Å². The third-order valence-corrected chi connectivity index (χ3v) is 5.50. The van der Waals surface area contributed by atoms with Crippen LogP contribution >= 0.6 is 0 Å². The fourth-order valence-electron chi connectivity index (χ4n) is 3.85. The molecule has 1 atom stereocenters. The SMILES string of the molecule is O=C(C1CC1)N1CCC(O)(CC2CC=NN2c2ccccc2)CC1. The maximum Gasteiger partial charge on any atom is 0.225 e. The summed E-state index contributed by atoms with van der Waals surface area (Å²) in [6.07, 6.45) is 6.94. The number of hydrogen-bond acceptors (Lipinski definition) is 4. The van der Waals surface area contributed by atoms with E-state index in [1.54, 1.807) is 0 Å². The maximum absolute atomic E-state index is 12.2. The Labute approximate surface area is 142 Å². The van der Waals surface area contributed by atoms with Gasteiger partial charge in [0.05, 0.1) is 17.3 Å². The van der Waals surface area contributed by atoms with Gasteiger partial charge in [-0.15, -0.1) is 0 Å². The van der Waals surface area contributed by atoms with Crippen molar-refractivity contribution in [1.82, 2.24) is 4.90 Å². The van der Waals surface area contributed by atoms with Gasteiger partial charge in [0.15, 0.2) is 0 Å². The molecule has 1 saturated carbocycles. The van der Waals surface area contributed by atoms with E-state index in [9.17, 15) is 9.90 Å². The Hall–Kier alpha value is -1.88. The van der Waals surface area contributed by atoms with Crippen molar-refractivity contribution in [2.45, 2.75) is 50.2 Å². The number of para-hydroxylation sites is 1. The lowest BCUT2D eigenvalue weighted by Gasteiger charge is -2.40. The summed E-state index contributed by atoms with van der Waals surface area (Å²) in [6, 6.07) is 10.3. The summed E-state index contributed by atoms with van der Waals surface area (Å²) < 4.78 is 0. The highest BCUT2D eigenvalue weighted by Crippen LogP contribution is 2.36. The van der Waals surface area contributed by atoms with Crippen LogP contribution in [0.2, 0.25) is 0 Å². The molecule has 1 amide bonds. The summed E-state index contributed by atoms with van der Waals surface area (Å²) in [5, 5.41) is 17.5. The number of likely N-dealkylation sites (tertiary alicyclic amines) is 1. The average molecular weight is 327 g/mol. The number of rotatable bonds is 4. The van der Waals surface area contributed by atoms with Crippen molar-refractivity contribution in [2.24, 2.45) is 11.0 Å². The van der Waals surface area contributed by atoms with Crippen LogP contribution in [-0.4, -0.2) is 46.9 Å². The van der Waals surface area contributed by atoms with Crippen molar-refractivity contribution in [3.63, 3.8) is 0 Å². The molecule has 2 aliphatic heterocycles. The Morgan fingerprint density at radius 3 is 2.58 bits per heavy atom. The van der Waals surface area contributed by atoms with Gasteiger partial charge in [0.1, 0.15) is 0 Å². The van der Waals surface area contributed by atoms with E-state index in [0.717, 1.165) is 24.9 Å². The van der Waals surface area contributed by atoms with Crippen LogP contribution < -0.4 is 5.01 Å². The van der Waals surface area contributed by atoms with Gasteiger partial charge in [0, 0.05) is 31.6 Å². The first-order chi connectivity index (χ1) is 11.6. The highest BCUT2D eigenvalue weighted by atomic mass is 16.3. The van der Waals surface area contributed by atoms with Crippen molar-refractivity contribution in [1.29, 1.82) is 0 Å². The molecule has 5 nitrogen and oxygen atoms in total. The molecule has 1 N–H and O–H groups in total. The van der Waals surface area contributed by atoms with Gasteiger partial charge >= 0.3 is 0 Å². The summed E-state index contributed by atoms with van der Waals surface area (Å²) >= 11 is 0. The smallest absolute Gasteiger partial charge is 0.225 e. The summed E-state index contributed by atoms with van der Waals surface area (Å²) in [6.45, 7) is 1.37. The Morgan fingerprint density at radius 2 is 1.92 bits per heavy atom. The van der Waals surface area contributed by atoms with E-state index in [0.29, 0.717) is 38.3 Å². The molecule has 0 aromatic heterocycles. The van der Waals surface area contributed by atoms with Gasteiger partial charge in [-0.2, -0.15) is 5.10 Å². The van der Waals surface area contributed by atoms with Gasteiger partial charge in [0.25, 0.3) is 0 Å². The van der Waals surface area contributed by atoms with Crippen molar-refractivity contribution in [2.75, 3.05) is 18.1 Å². The molecule has 1 unspecified atom stereocenters. The van der Waals surface area contributed by atoms with Crippen LogP contribution in [0.25, 0.3) is 0 Å². The molecule has 1 aromatic rings. The second-order valence-corrected chi connectivity index (χ2v) is 7.40. The molecular weight excluding hydrogens is 302 g/mol. The van der Waals surface area contributed by atoms with Crippen LogP contribution in [-0.2, 0) is 4.79 Å². The first-order valence-corrected chi connectivity index (χ1v) is 9.03. The minimum Gasteiger partial charge on any atom is -0.390 e. The summed E-state index contributed by atoms with van der Waals surface area (Å²) in [5.74, 6) is 0.570. The summed E-state index contributed by atoms with van der Waals surface area (Å²) in [4.78, 5) is 14.1. The molecule has 0 bridgehead atoms.